The third kappa shape index (κ3) is 6.87. The molecule has 0 saturated heterocycles. The van der Waals surface area contributed by atoms with Crippen molar-refractivity contribution < 1.29 is 4.74 Å². The molecule has 0 amide bonds. The lowest BCUT2D eigenvalue weighted by molar-refractivity contribution is 0.322. The van der Waals surface area contributed by atoms with E-state index in [1.165, 1.54) is 5.56 Å². The van der Waals surface area contributed by atoms with Crippen molar-refractivity contribution in [2.45, 2.75) is 32.7 Å². The fourth-order valence-electron chi connectivity index (χ4n) is 2.39. The second-order valence-corrected chi connectivity index (χ2v) is 6.12. The van der Waals surface area contributed by atoms with Crippen molar-refractivity contribution in [3.63, 3.8) is 0 Å². The molecule has 25 heavy (non-hydrogen) atoms. The zero-order chi connectivity index (χ0) is 17.9. The molecule has 6 nitrogen and oxygen atoms in total. The molecule has 0 bridgehead atoms. The molecule has 0 aliphatic rings. The summed E-state index contributed by atoms with van der Waals surface area (Å²) in [5, 5.41) is 10.7. The Morgan fingerprint density at radius 1 is 1.20 bits per heavy atom. The first-order valence-corrected chi connectivity index (χ1v) is 8.83. The summed E-state index contributed by atoms with van der Waals surface area (Å²) in [7, 11) is 1.77. The van der Waals surface area contributed by atoms with Crippen LogP contribution in [0.3, 0.4) is 0 Å². The van der Waals surface area contributed by atoms with E-state index in [1.807, 2.05) is 29.1 Å². The fraction of sp³-hybridized carbons (Fsp3) is 0.474. The molecule has 1 heterocycles. The van der Waals surface area contributed by atoms with Crippen molar-refractivity contribution in [1.82, 2.24) is 20.4 Å². The molecular weight excluding hydrogens is 314 g/mol. The highest BCUT2D eigenvalue weighted by atomic mass is 16.5. The number of guanidine groups is 1. The maximum absolute atomic E-state index is 5.75. The third-order valence-electron chi connectivity index (χ3n) is 3.85. The topological polar surface area (TPSA) is 63.5 Å². The van der Waals surface area contributed by atoms with Crippen molar-refractivity contribution in [3.05, 3.63) is 48.3 Å². The van der Waals surface area contributed by atoms with Crippen molar-refractivity contribution in [3.8, 4) is 5.75 Å². The summed E-state index contributed by atoms with van der Waals surface area (Å²) in [6.07, 6.45) is 4.75. The number of hydrogen-bond donors (Lipinski definition) is 2. The molecule has 0 aliphatic heterocycles. The van der Waals surface area contributed by atoms with Gasteiger partial charge in [0.1, 0.15) is 12.4 Å². The van der Waals surface area contributed by atoms with Gasteiger partial charge in [-0.1, -0.05) is 26.0 Å². The highest BCUT2D eigenvalue weighted by Gasteiger charge is 2.00. The quantitative estimate of drug-likeness (QED) is 0.417. The van der Waals surface area contributed by atoms with Gasteiger partial charge >= 0.3 is 0 Å². The first-order chi connectivity index (χ1) is 12.2. The van der Waals surface area contributed by atoms with Gasteiger partial charge in [0.15, 0.2) is 5.96 Å². The Morgan fingerprint density at radius 3 is 2.60 bits per heavy atom. The molecule has 0 saturated carbocycles. The Labute approximate surface area is 150 Å². The molecule has 0 unspecified atom stereocenters. The molecule has 0 radical (unpaired) electrons. The molecule has 1 aromatic carbocycles. The average Bonchev–Trinajstić information content (AvgIpc) is 3.14. The van der Waals surface area contributed by atoms with Gasteiger partial charge in [-0.3, -0.25) is 9.67 Å². The predicted molar refractivity (Wildman–Crippen MR) is 102 cm³/mol. The number of aromatic nitrogens is 2. The molecule has 0 atom stereocenters. The van der Waals surface area contributed by atoms with E-state index in [0.717, 1.165) is 31.2 Å². The van der Waals surface area contributed by atoms with Gasteiger partial charge in [-0.15, -0.1) is 0 Å². The van der Waals surface area contributed by atoms with E-state index in [0.29, 0.717) is 19.1 Å². The fourth-order valence-corrected chi connectivity index (χ4v) is 2.39. The van der Waals surface area contributed by atoms with Gasteiger partial charge in [-0.25, -0.2) is 0 Å². The minimum atomic E-state index is 0.540. The maximum atomic E-state index is 5.75. The zero-order valence-electron chi connectivity index (χ0n) is 15.4. The third-order valence-corrected chi connectivity index (χ3v) is 3.85. The number of rotatable bonds is 9. The van der Waals surface area contributed by atoms with E-state index in [1.54, 1.807) is 13.2 Å². The molecule has 1 aromatic heterocycles. The summed E-state index contributed by atoms with van der Waals surface area (Å²) >= 11 is 0. The lowest BCUT2D eigenvalue weighted by Crippen LogP contribution is -2.39. The highest BCUT2D eigenvalue weighted by Crippen LogP contribution is 2.18. The number of aliphatic imine (C=N–C) groups is 1. The number of hydrogen-bond acceptors (Lipinski definition) is 3. The van der Waals surface area contributed by atoms with E-state index in [9.17, 15) is 0 Å². The smallest absolute Gasteiger partial charge is 0.191 e. The second kappa shape index (κ2) is 10.4. The summed E-state index contributed by atoms with van der Waals surface area (Å²) in [5.74, 6) is 2.23. The monoisotopic (exact) mass is 343 g/mol. The van der Waals surface area contributed by atoms with Crippen molar-refractivity contribution >= 4 is 5.96 Å². The number of aryl methyl sites for hydroxylation is 1. The SMILES string of the molecule is CN=C(NCCCn1cccn1)NCCOc1ccc(C(C)C)cc1. The molecule has 2 rings (SSSR count). The van der Waals surface area contributed by atoms with Crippen LogP contribution in [0, 0.1) is 0 Å². The van der Waals surface area contributed by atoms with Crippen LogP contribution < -0.4 is 15.4 Å². The largest absolute Gasteiger partial charge is 0.492 e. The molecule has 136 valence electrons. The zero-order valence-corrected chi connectivity index (χ0v) is 15.4. The second-order valence-electron chi connectivity index (χ2n) is 6.12. The molecular formula is C19H29N5O. The summed E-state index contributed by atoms with van der Waals surface area (Å²) in [6, 6.07) is 10.2. The lowest BCUT2D eigenvalue weighted by atomic mass is 10.0. The number of benzene rings is 1. The molecule has 0 fully saturated rings. The van der Waals surface area contributed by atoms with Gasteiger partial charge in [-0.05, 0) is 36.1 Å². The summed E-state index contributed by atoms with van der Waals surface area (Å²) in [4.78, 5) is 4.21. The molecule has 2 N–H and O–H groups in total. The van der Waals surface area contributed by atoms with Crippen LogP contribution in [0.4, 0.5) is 0 Å². The van der Waals surface area contributed by atoms with Crippen LogP contribution >= 0.6 is 0 Å². The Bertz CT molecular complexity index is 620. The molecule has 0 spiro atoms. The van der Waals surface area contributed by atoms with E-state index < -0.39 is 0 Å². The van der Waals surface area contributed by atoms with Gasteiger partial charge < -0.3 is 15.4 Å². The molecule has 6 heteroatoms. The van der Waals surface area contributed by atoms with E-state index >= 15 is 0 Å². The molecule has 2 aromatic rings. The van der Waals surface area contributed by atoms with E-state index in [-0.39, 0.29) is 0 Å². The van der Waals surface area contributed by atoms with Crippen molar-refractivity contribution in [1.29, 1.82) is 0 Å². The number of nitrogens with one attached hydrogen (secondary N) is 2. The average molecular weight is 343 g/mol. The van der Waals surface area contributed by atoms with Crippen LogP contribution in [0.25, 0.3) is 0 Å². The van der Waals surface area contributed by atoms with Crippen LogP contribution in [-0.2, 0) is 6.54 Å². The first-order valence-electron chi connectivity index (χ1n) is 8.83. The molecule has 0 aliphatic carbocycles. The summed E-state index contributed by atoms with van der Waals surface area (Å²) in [5.41, 5.74) is 1.32. The van der Waals surface area contributed by atoms with E-state index in [4.69, 9.17) is 4.74 Å². The minimum Gasteiger partial charge on any atom is -0.492 e. The Balaban J connectivity index is 1.59. The maximum Gasteiger partial charge on any atom is 0.191 e. The van der Waals surface area contributed by atoms with Crippen molar-refractivity contribution in [2.24, 2.45) is 4.99 Å². The summed E-state index contributed by atoms with van der Waals surface area (Å²) < 4.78 is 7.68. The number of nitrogens with zero attached hydrogens (tertiary/aromatic N) is 3. The van der Waals surface area contributed by atoms with Crippen LogP contribution in [0.1, 0.15) is 31.7 Å². The number of ether oxygens (including phenoxy) is 1. The van der Waals surface area contributed by atoms with Gasteiger partial charge in [0.05, 0.1) is 6.54 Å². The van der Waals surface area contributed by atoms with Crippen LogP contribution in [-0.4, -0.2) is 42.5 Å². The van der Waals surface area contributed by atoms with Crippen LogP contribution in [0.2, 0.25) is 0 Å². The normalized spacial score (nSPS) is 11.6. The van der Waals surface area contributed by atoms with E-state index in [2.05, 4.69) is 46.7 Å². The minimum absolute atomic E-state index is 0.540. The lowest BCUT2D eigenvalue weighted by Gasteiger charge is -2.13. The van der Waals surface area contributed by atoms with Gasteiger partial charge in [-0.2, -0.15) is 5.10 Å². The van der Waals surface area contributed by atoms with Gasteiger partial charge in [0.2, 0.25) is 0 Å². The predicted octanol–water partition coefficient (Wildman–Crippen LogP) is 2.64. The van der Waals surface area contributed by atoms with Gasteiger partial charge in [0.25, 0.3) is 0 Å². The standard InChI is InChI=1S/C19H29N5O/c1-16(2)17-6-8-18(9-7-17)25-15-12-22-19(20-3)21-10-4-13-24-14-5-11-23-24/h5-9,11,14,16H,4,10,12-13,15H2,1-3H3,(H2,20,21,22). The first kappa shape index (κ1) is 18.8. The summed E-state index contributed by atoms with van der Waals surface area (Å²) in [6.45, 7) is 7.41. The van der Waals surface area contributed by atoms with Gasteiger partial charge in [0, 0.05) is 32.5 Å². The Hall–Kier alpha value is -2.50. The van der Waals surface area contributed by atoms with Crippen LogP contribution in [0.5, 0.6) is 5.75 Å². The van der Waals surface area contributed by atoms with Crippen LogP contribution in [0.15, 0.2) is 47.7 Å². The highest BCUT2D eigenvalue weighted by molar-refractivity contribution is 5.79. The Morgan fingerprint density at radius 2 is 1.96 bits per heavy atom. The van der Waals surface area contributed by atoms with Crippen molar-refractivity contribution in [2.75, 3.05) is 26.7 Å². The Kier molecular flexibility index (Phi) is 7.82.